The number of carbonyl (C=O) groups excluding carboxylic acids is 1. The highest BCUT2D eigenvalue weighted by Crippen LogP contribution is 2.28. The fourth-order valence-electron chi connectivity index (χ4n) is 0.473. The minimum absolute atomic E-state index is 0.722. The van der Waals surface area contributed by atoms with Crippen LogP contribution in [0.3, 0.4) is 0 Å². The van der Waals surface area contributed by atoms with E-state index in [1.165, 1.54) is 0 Å². The third-order valence-corrected chi connectivity index (χ3v) is 1.23. The van der Waals surface area contributed by atoms with Crippen molar-refractivity contribution in [1.29, 1.82) is 0 Å². The first-order valence-corrected chi connectivity index (χ1v) is 3.05. The first kappa shape index (κ1) is 11.3. The van der Waals surface area contributed by atoms with Crippen molar-refractivity contribution in [3.63, 3.8) is 0 Å². The molecule has 1 atom stereocenters. The zero-order chi connectivity index (χ0) is 9.94. The van der Waals surface area contributed by atoms with Crippen LogP contribution in [0.2, 0.25) is 0 Å². The third-order valence-electron chi connectivity index (χ3n) is 0.991. The molecule has 0 aliphatic rings. The number of ether oxygens (including phenoxy) is 1. The molecule has 0 heterocycles. The minimum atomic E-state index is -5.03. The molecule has 70 valence electrons. The van der Waals surface area contributed by atoms with E-state index in [1.54, 1.807) is 0 Å². The highest BCUT2D eigenvalue weighted by atomic mass is 32.1. The Morgan fingerprint density at radius 2 is 1.92 bits per heavy atom. The van der Waals surface area contributed by atoms with Crippen molar-refractivity contribution in [1.82, 2.24) is 0 Å². The zero-order valence-corrected chi connectivity index (χ0v) is 6.63. The normalized spacial score (nSPS) is 13.8. The van der Waals surface area contributed by atoms with Gasteiger partial charge in [0.2, 0.25) is 5.92 Å². The monoisotopic (exact) mass is 204 g/mol. The smallest absolute Gasteiger partial charge is 0.409 e. The maximum absolute atomic E-state index is 12.0. The Balaban J connectivity index is 4.68. The maximum Gasteiger partial charge on any atom is 0.409 e. The second-order valence-electron chi connectivity index (χ2n) is 1.80. The molecule has 0 aliphatic carbocycles. The van der Waals surface area contributed by atoms with Gasteiger partial charge < -0.3 is 4.74 Å². The van der Waals surface area contributed by atoms with Crippen LogP contribution in [0.5, 0.6) is 0 Å². The number of alkyl halides is 3. The number of rotatable bonds is 2. The lowest BCUT2D eigenvalue weighted by atomic mass is 10.1. The predicted octanol–water partition coefficient (Wildman–Crippen LogP) is 1.63. The van der Waals surface area contributed by atoms with Gasteiger partial charge in [-0.25, -0.2) is 0 Å². The van der Waals surface area contributed by atoms with Crippen LogP contribution in [0.15, 0.2) is 0 Å². The van der Waals surface area contributed by atoms with Crippen molar-refractivity contribution in [2.24, 2.45) is 5.92 Å². The standard InChI is InChI=1S/C5H4F4O2S/c1-11-4(10)2(3(6)12)5(7,8)9/h2H,1H3. The van der Waals surface area contributed by atoms with Gasteiger partial charge in [0, 0.05) is 0 Å². The molecule has 0 spiro atoms. The van der Waals surface area contributed by atoms with Crippen LogP contribution in [0.4, 0.5) is 17.6 Å². The fourth-order valence-corrected chi connectivity index (χ4v) is 0.703. The van der Waals surface area contributed by atoms with Gasteiger partial charge >= 0.3 is 12.1 Å². The number of halogens is 4. The number of hydrogen-bond donors (Lipinski definition) is 0. The molecule has 0 aliphatic heterocycles. The van der Waals surface area contributed by atoms with Crippen molar-refractivity contribution < 1.29 is 27.1 Å². The molecule has 0 aromatic heterocycles. The molecule has 0 saturated carbocycles. The van der Waals surface area contributed by atoms with Gasteiger partial charge in [0.05, 0.1) is 7.11 Å². The molecule has 1 unspecified atom stereocenters. The molecule has 7 heteroatoms. The van der Waals surface area contributed by atoms with Crippen LogP contribution >= 0.6 is 12.2 Å². The van der Waals surface area contributed by atoms with Crippen LogP contribution in [0.1, 0.15) is 0 Å². The molecular weight excluding hydrogens is 200 g/mol. The van der Waals surface area contributed by atoms with Crippen LogP contribution in [0, 0.1) is 5.92 Å². The molecule has 2 nitrogen and oxygen atoms in total. The van der Waals surface area contributed by atoms with Crippen molar-refractivity contribution in [3.05, 3.63) is 0 Å². The number of hydrogen-bond acceptors (Lipinski definition) is 3. The minimum Gasteiger partial charge on any atom is -0.468 e. The number of thiocarbonyl (C=S) groups is 1. The van der Waals surface area contributed by atoms with E-state index in [4.69, 9.17) is 0 Å². The Bertz CT molecular complexity index is 200. The summed E-state index contributed by atoms with van der Waals surface area (Å²) < 4.78 is 51.1. The van der Waals surface area contributed by atoms with Crippen molar-refractivity contribution >= 4 is 23.3 Å². The molecule has 0 N–H and O–H groups in total. The molecule has 0 saturated heterocycles. The Kier molecular flexibility index (Phi) is 3.56. The number of esters is 1. The van der Waals surface area contributed by atoms with Gasteiger partial charge in [-0.15, -0.1) is 0 Å². The fraction of sp³-hybridized carbons (Fsp3) is 0.600. The molecular formula is C5H4F4O2S. The third kappa shape index (κ3) is 2.72. The van der Waals surface area contributed by atoms with Crippen LogP contribution in [-0.2, 0) is 9.53 Å². The number of carbonyl (C=O) groups is 1. The van der Waals surface area contributed by atoms with Crippen LogP contribution in [-0.4, -0.2) is 24.4 Å². The Morgan fingerprint density at radius 1 is 1.50 bits per heavy atom. The highest BCUT2D eigenvalue weighted by Gasteiger charge is 2.49. The summed E-state index contributed by atoms with van der Waals surface area (Å²) in [6, 6.07) is 0. The summed E-state index contributed by atoms with van der Waals surface area (Å²) >= 11 is 3.62. The molecule has 12 heavy (non-hydrogen) atoms. The van der Waals surface area contributed by atoms with E-state index < -0.39 is 23.2 Å². The summed E-state index contributed by atoms with van der Waals surface area (Å²) in [4.78, 5) is 10.3. The van der Waals surface area contributed by atoms with E-state index in [2.05, 4.69) is 17.0 Å². The van der Waals surface area contributed by atoms with Gasteiger partial charge in [0.1, 0.15) is 0 Å². The summed E-state index contributed by atoms with van der Waals surface area (Å²) in [7, 11) is 0.722. The van der Waals surface area contributed by atoms with Gasteiger partial charge in [-0.1, -0.05) is 12.2 Å². The Hall–Kier alpha value is -0.720. The summed E-state index contributed by atoms with van der Waals surface area (Å²) in [6.07, 6.45) is -5.03. The van der Waals surface area contributed by atoms with E-state index >= 15 is 0 Å². The zero-order valence-electron chi connectivity index (χ0n) is 5.81. The first-order valence-electron chi connectivity index (χ1n) is 2.64. The number of methoxy groups -OCH3 is 1. The van der Waals surface area contributed by atoms with Crippen molar-refractivity contribution in [2.45, 2.75) is 6.18 Å². The average Bonchev–Trinajstić information content (AvgIpc) is 1.83. The van der Waals surface area contributed by atoms with Gasteiger partial charge in [0.25, 0.3) is 0 Å². The SMILES string of the molecule is COC(=O)C(C(F)=S)C(F)(F)F. The second-order valence-corrected chi connectivity index (χ2v) is 2.19. The van der Waals surface area contributed by atoms with Gasteiger partial charge in [0.15, 0.2) is 5.12 Å². The van der Waals surface area contributed by atoms with Crippen LogP contribution < -0.4 is 0 Å². The largest absolute Gasteiger partial charge is 0.468 e. The lowest BCUT2D eigenvalue weighted by Gasteiger charge is -2.13. The van der Waals surface area contributed by atoms with Gasteiger partial charge in [-0.3, -0.25) is 4.79 Å². The topological polar surface area (TPSA) is 26.3 Å². The van der Waals surface area contributed by atoms with Gasteiger partial charge in [-0.05, 0) is 0 Å². The van der Waals surface area contributed by atoms with E-state index in [0.29, 0.717) is 0 Å². The molecule has 0 amide bonds. The van der Waals surface area contributed by atoms with Crippen molar-refractivity contribution in [3.8, 4) is 0 Å². The average molecular weight is 204 g/mol. The second kappa shape index (κ2) is 3.79. The van der Waals surface area contributed by atoms with Crippen molar-refractivity contribution in [2.75, 3.05) is 7.11 Å². The first-order chi connectivity index (χ1) is 5.30. The summed E-state index contributed by atoms with van der Waals surface area (Å²) in [5, 5.41) is -1.94. The van der Waals surface area contributed by atoms with E-state index in [9.17, 15) is 22.4 Å². The van der Waals surface area contributed by atoms with Crippen LogP contribution in [0.25, 0.3) is 0 Å². The predicted molar refractivity (Wildman–Crippen MR) is 35.3 cm³/mol. The quantitative estimate of drug-likeness (QED) is 0.296. The molecule has 0 bridgehead atoms. The molecule has 0 aromatic rings. The van der Waals surface area contributed by atoms with E-state index in [-0.39, 0.29) is 0 Å². The maximum atomic E-state index is 12.0. The summed E-state index contributed by atoms with van der Waals surface area (Å²) in [5.74, 6) is -4.69. The Labute approximate surface area is 70.5 Å². The van der Waals surface area contributed by atoms with E-state index in [1.807, 2.05) is 0 Å². The lowest BCUT2D eigenvalue weighted by Crippen LogP contribution is -2.35. The van der Waals surface area contributed by atoms with Gasteiger partial charge in [-0.2, -0.15) is 17.6 Å². The highest BCUT2D eigenvalue weighted by molar-refractivity contribution is 7.80. The Morgan fingerprint density at radius 3 is 2.00 bits per heavy atom. The molecule has 0 rings (SSSR count). The molecule has 0 aromatic carbocycles. The van der Waals surface area contributed by atoms with E-state index in [0.717, 1.165) is 7.11 Å². The summed E-state index contributed by atoms with van der Waals surface area (Å²) in [6.45, 7) is 0. The molecule has 0 radical (unpaired) electrons. The lowest BCUT2D eigenvalue weighted by molar-refractivity contribution is -0.183. The molecule has 0 fully saturated rings. The summed E-state index contributed by atoms with van der Waals surface area (Å²) in [5.41, 5.74) is 0.